The molecule has 0 saturated carbocycles. The number of sulfone groups is 1. The summed E-state index contributed by atoms with van der Waals surface area (Å²) in [5, 5.41) is 2.70. The number of hydrogen-bond donors (Lipinski definition) is 2. The van der Waals surface area contributed by atoms with E-state index in [2.05, 4.69) is 5.32 Å². The van der Waals surface area contributed by atoms with Gasteiger partial charge in [0.15, 0.2) is 9.84 Å². The normalized spacial score (nSPS) is 18.3. The molecule has 98 valence electrons. The van der Waals surface area contributed by atoms with E-state index >= 15 is 0 Å². The van der Waals surface area contributed by atoms with Crippen LogP contribution in [0, 0.1) is 0 Å². The van der Waals surface area contributed by atoms with Crippen LogP contribution >= 0.6 is 0 Å². The van der Waals surface area contributed by atoms with Crippen LogP contribution in [0.5, 0.6) is 0 Å². The van der Waals surface area contributed by atoms with E-state index in [1.165, 1.54) is 4.90 Å². The van der Waals surface area contributed by atoms with Crippen molar-refractivity contribution in [2.75, 3.05) is 35.6 Å². The van der Waals surface area contributed by atoms with Gasteiger partial charge < -0.3 is 16.0 Å². The maximum atomic E-state index is 11.9. The van der Waals surface area contributed by atoms with Gasteiger partial charge >= 0.3 is 6.03 Å². The van der Waals surface area contributed by atoms with Crippen LogP contribution in [0.3, 0.4) is 0 Å². The van der Waals surface area contributed by atoms with Gasteiger partial charge in [-0.15, -0.1) is 0 Å². The zero-order valence-corrected chi connectivity index (χ0v) is 10.6. The number of amides is 2. The molecule has 0 atom stereocenters. The lowest BCUT2D eigenvalue weighted by atomic mass is 10.3. The number of nitrogens with one attached hydrogen (secondary N) is 1. The zero-order chi connectivity index (χ0) is 13.2. The molecular weight excluding hydrogens is 254 g/mol. The molecule has 1 aromatic carbocycles. The monoisotopic (exact) mass is 269 g/mol. The van der Waals surface area contributed by atoms with Gasteiger partial charge in [-0.05, 0) is 24.3 Å². The number of benzene rings is 1. The van der Waals surface area contributed by atoms with Crippen LogP contribution in [0.4, 0.5) is 16.2 Å². The minimum Gasteiger partial charge on any atom is -0.399 e. The largest absolute Gasteiger partial charge is 0.399 e. The van der Waals surface area contributed by atoms with Gasteiger partial charge in [-0.25, -0.2) is 13.2 Å². The third-order valence-corrected chi connectivity index (χ3v) is 4.40. The number of nitrogen functional groups attached to an aromatic ring is 1. The minimum atomic E-state index is -2.97. The van der Waals surface area contributed by atoms with Gasteiger partial charge in [0.05, 0.1) is 11.5 Å². The van der Waals surface area contributed by atoms with Crippen molar-refractivity contribution in [3.8, 4) is 0 Å². The summed E-state index contributed by atoms with van der Waals surface area (Å²) in [5.74, 6) is 0.0598. The Hall–Kier alpha value is -1.76. The Bertz CT molecular complexity index is 525. The van der Waals surface area contributed by atoms with Crippen molar-refractivity contribution in [3.63, 3.8) is 0 Å². The van der Waals surface area contributed by atoms with Crippen molar-refractivity contribution in [3.05, 3.63) is 24.3 Å². The molecule has 3 N–H and O–H groups in total. The smallest absolute Gasteiger partial charge is 0.321 e. The number of anilines is 2. The first-order valence-corrected chi connectivity index (χ1v) is 7.40. The van der Waals surface area contributed by atoms with Crippen molar-refractivity contribution in [1.29, 1.82) is 0 Å². The third-order valence-electron chi connectivity index (χ3n) is 2.79. The second-order valence-corrected chi connectivity index (χ2v) is 6.49. The highest BCUT2D eigenvalue weighted by molar-refractivity contribution is 7.91. The van der Waals surface area contributed by atoms with Gasteiger partial charge in [0.1, 0.15) is 0 Å². The van der Waals surface area contributed by atoms with Crippen LogP contribution in [0.2, 0.25) is 0 Å². The summed E-state index contributed by atoms with van der Waals surface area (Å²) in [4.78, 5) is 13.3. The average molecular weight is 269 g/mol. The van der Waals surface area contributed by atoms with E-state index < -0.39 is 9.84 Å². The summed E-state index contributed by atoms with van der Waals surface area (Å²) in [6, 6.07) is 6.50. The lowest BCUT2D eigenvalue weighted by molar-refractivity contribution is 0.216. The van der Waals surface area contributed by atoms with E-state index in [0.29, 0.717) is 11.4 Å². The summed E-state index contributed by atoms with van der Waals surface area (Å²) in [6.45, 7) is 0.478. The average Bonchev–Trinajstić information content (AvgIpc) is 2.32. The number of carbonyl (C=O) groups is 1. The number of urea groups is 1. The summed E-state index contributed by atoms with van der Waals surface area (Å²) < 4.78 is 22.5. The van der Waals surface area contributed by atoms with E-state index in [9.17, 15) is 13.2 Å². The van der Waals surface area contributed by atoms with Crippen molar-refractivity contribution < 1.29 is 13.2 Å². The zero-order valence-electron chi connectivity index (χ0n) is 9.80. The number of hydrogen-bond acceptors (Lipinski definition) is 4. The fourth-order valence-corrected chi connectivity index (χ4v) is 2.89. The molecule has 1 fully saturated rings. The molecule has 1 aromatic rings. The number of rotatable bonds is 1. The highest BCUT2D eigenvalue weighted by atomic mass is 32.2. The standard InChI is InChI=1S/C11H15N3O3S/c12-9-1-3-10(4-2-9)13-11(15)14-5-7-18(16,17)8-6-14/h1-4H,5-8,12H2,(H,13,15). The molecule has 0 aliphatic carbocycles. The maximum Gasteiger partial charge on any atom is 0.321 e. The van der Waals surface area contributed by atoms with E-state index in [4.69, 9.17) is 5.73 Å². The quantitative estimate of drug-likeness (QED) is 0.727. The molecule has 0 unspecified atom stereocenters. The molecule has 0 bridgehead atoms. The molecule has 2 rings (SSSR count). The molecule has 6 nitrogen and oxygen atoms in total. The lowest BCUT2D eigenvalue weighted by Gasteiger charge is -2.26. The number of nitrogens with zero attached hydrogens (tertiary/aromatic N) is 1. The van der Waals surface area contributed by atoms with Crippen LogP contribution in [0.1, 0.15) is 0 Å². The van der Waals surface area contributed by atoms with Crippen molar-refractivity contribution in [2.24, 2.45) is 0 Å². The van der Waals surface area contributed by atoms with E-state index in [1.807, 2.05) is 0 Å². The molecule has 1 heterocycles. The number of nitrogens with two attached hydrogens (primary N) is 1. The molecule has 0 radical (unpaired) electrons. The van der Waals surface area contributed by atoms with E-state index in [-0.39, 0.29) is 30.6 Å². The van der Waals surface area contributed by atoms with Gasteiger partial charge in [0, 0.05) is 24.5 Å². The second kappa shape index (κ2) is 4.85. The Labute approximate surface area is 106 Å². The summed E-state index contributed by atoms with van der Waals surface area (Å²) in [7, 11) is -2.97. The summed E-state index contributed by atoms with van der Waals surface area (Å²) >= 11 is 0. The van der Waals surface area contributed by atoms with Crippen LogP contribution in [0.15, 0.2) is 24.3 Å². The number of carbonyl (C=O) groups excluding carboxylic acids is 1. The Morgan fingerprint density at radius 2 is 1.72 bits per heavy atom. The molecule has 0 spiro atoms. The maximum absolute atomic E-state index is 11.9. The van der Waals surface area contributed by atoms with Crippen molar-refractivity contribution >= 4 is 27.2 Å². The molecule has 0 aromatic heterocycles. The molecule has 1 aliphatic heterocycles. The first-order valence-electron chi connectivity index (χ1n) is 5.58. The SMILES string of the molecule is Nc1ccc(NC(=O)N2CCS(=O)(=O)CC2)cc1. The molecule has 1 saturated heterocycles. The fraction of sp³-hybridized carbons (Fsp3) is 0.364. The Morgan fingerprint density at radius 1 is 1.17 bits per heavy atom. The predicted octanol–water partition coefficient (Wildman–Crippen LogP) is 0.531. The first-order chi connectivity index (χ1) is 8.46. The van der Waals surface area contributed by atoms with Gasteiger partial charge in [-0.1, -0.05) is 0 Å². The van der Waals surface area contributed by atoms with Crippen LogP contribution < -0.4 is 11.1 Å². The highest BCUT2D eigenvalue weighted by Crippen LogP contribution is 2.12. The van der Waals surface area contributed by atoms with E-state index in [1.54, 1.807) is 24.3 Å². The Kier molecular flexibility index (Phi) is 3.42. The molecule has 7 heteroatoms. The predicted molar refractivity (Wildman–Crippen MR) is 70.1 cm³/mol. The van der Waals surface area contributed by atoms with Crippen LogP contribution in [0.25, 0.3) is 0 Å². The van der Waals surface area contributed by atoms with Crippen LogP contribution in [-0.2, 0) is 9.84 Å². The minimum absolute atomic E-state index is 0.0299. The highest BCUT2D eigenvalue weighted by Gasteiger charge is 2.24. The topological polar surface area (TPSA) is 92.5 Å². The lowest BCUT2D eigenvalue weighted by Crippen LogP contribution is -2.45. The van der Waals surface area contributed by atoms with Gasteiger partial charge in [0.25, 0.3) is 0 Å². The van der Waals surface area contributed by atoms with E-state index in [0.717, 1.165) is 0 Å². The molecule has 2 amide bonds. The Morgan fingerprint density at radius 3 is 2.28 bits per heavy atom. The third kappa shape index (κ3) is 3.13. The van der Waals surface area contributed by atoms with Crippen LogP contribution in [-0.4, -0.2) is 43.9 Å². The van der Waals surface area contributed by atoms with Gasteiger partial charge in [0.2, 0.25) is 0 Å². The summed E-state index contributed by atoms with van der Waals surface area (Å²) in [5.41, 5.74) is 6.80. The summed E-state index contributed by atoms with van der Waals surface area (Å²) in [6.07, 6.45) is 0. The Balaban J connectivity index is 1.95. The van der Waals surface area contributed by atoms with Gasteiger partial charge in [-0.2, -0.15) is 0 Å². The van der Waals surface area contributed by atoms with Crippen molar-refractivity contribution in [2.45, 2.75) is 0 Å². The molecule has 1 aliphatic rings. The van der Waals surface area contributed by atoms with Gasteiger partial charge in [-0.3, -0.25) is 0 Å². The molecule has 18 heavy (non-hydrogen) atoms. The first kappa shape index (κ1) is 12.7. The van der Waals surface area contributed by atoms with Crippen molar-refractivity contribution in [1.82, 2.24) is 4.90 Å². The second-order valence-electron chi connectivity index (χ2n) is 4.19. The fourth-order valence-electron chi connectivity index (χ4n) is 1.68. The molecular formula is C11H15N3O3S.